The first-order chi connectivity index (χ1) is 7.09. The molecule has 1 rings (SSSR count). The van der Waals surface area contributed by atoms with Crippen molar-refractivity contribution in [1.82, 2.24) is 5.32 Å². The van der Waals surface area contributed by atoms with Gasteiger partial charge >= 0.3 is 5.97 Å². The van der Waals surface area contributed by atoms with E-state index in [9.17, 15) is 4.79 Å². The normalized spacial score (nSPS) is 28.7. The van der Waals surface area contributed by atoms with Gasteiger partial charge in [-0.15, -0.1) is 0 Å². The van der Waals surface area contributed by atoms with Gasteiger partial charge in [-0.1, -0.05) is 0 Å². The number of carbonyl (C=O) groups is 1. The molecule has 1 heterocycles. The lowest BCUT2D eigenvalue weighted by atomic mass is 9.98. The van der Waals surface area contributed by atoms with Crippen molar-refractivity contribution < 1.29 is 19.7 Å². The molecule has 0 amide bonds. The van der Waals surface area contributed by atoms with Crippen molar-refractivity contribution in [1.29, 1.82) is 0 Å². The van der Waals surface area contributed by atoms with Crippen LogP contribution in [0.3, 0.4) is 0 Å². The molecule has 0 radical (unpaired) electrons. The summed E-state index contributed by atoms with van der Waals surface area (Å²) in [5.74, 6) is -1.12. The van der Waals surface area contributed by atoms with E-state index in [4.69, 9.17) is 14.9 Å². The molecule has 0 aliphatic carbocycles. The van der Waals surface area contributed by atoms with Gasteiger partial charge < -0.3 is 20.3 Å². The highest BCUT2D eigenvalue weighted by Gasteiger charge is 2.26. The first-order valence-electron chi connectivity index (χ1n) is 5.32. The van der Waals surface area contributed by atoms with Crippen LogP contribution in [0.5, 0.6) is 0 Å². The number of ether oxygens (including phenoxy) is 1. The molecule has 0 aromatic rings. The van der Waals surface area contributed by atoms with Gasteiger partial charge in [-0.3, -0.25) is 4.79 Å². The monoisotopic (exact) mass is 217 g/mol. The second kappa shape index (κ2) is 6.05. The van der Waals surface area contributed by atoms with Gasteiger partial charge in [-0.05, 0) is 19.8 Å². The molecule has 1 saturated heterocycles. The molecular formula is C10H19NO4. The molecule has 15 heavy (non-hydrogen) atoms. The first-order valence-corrected chi connectivity index (χ1v) is 5.32. The Morgan fingerprint density at radius 1 is 1.60 bits per heavy atom. The minimum Gasteiger partial charge on any atom is -0.481 e. The quantitative estimate of drug-likeness (QED) is 0.596. The molecule has 1 aliphatic heterocycles. The van der Waals surface area contributed by atoms with E-state index in [2.05, 4.69) is 5.32 Å². The Bertz CT molecular complexity index is 208. The fraction of sp³-hybridized carbons (Fsp3) is 0.900. The third-order valence-electron chi connectivity index (χ3n) is 2.55. The van der Waals surface area contributed by atoms with Crippen molar-refractivity contribution in [3.63, 3.8) is 0 Å². The number of piperidine rings is 1. The number of nitrogens with one attached hydrogen (secondary N) is 1. The maximum Gasteiger partial charge on any atom is 0.307 e. The molecule has 5 nitrogen and oxygen atoms in total. The average molecular weight is 217 g/mol. The predicted molar refractivity (Wildman–Crippen MR) is 54.7 cm³/mol. The fourth-order valence-electron chi connectivity index (χ4n) is 1.62. The highest BCUT2D eigenvalue weighted by molar-refractivity contribution is 5.70. The molecule has 0 bridgehead atoms. The van der Waals surface area contributed by atoms with Crippen LogP contribution in [-0.4, -0.2) is 48.1 Å². The summed E-state index contributed by atoms with van der Waals surface area (Å²) in [4.78, 5) is 10.7. The van der Waals surface area contributed by atoms with Crippen molar-refractivity contribution in [2.45, 2.75) is 32.0 Å². The first kappa shape index (κ1) is 12.4. The summed E-state index contributed by atoms with van der Waals surface area (Å²) in [5, 5.41) is 20.9. The van der Waals surface area contributed by atoms with E-state index in [1.807, 2.05) is 0 Å². The molecule has 88 valence electrons. The van der Waals surface area contributed by atoms with Crippen LogP contribution in [0.25, 0.3) is 0 Å². The van der Waals surface area contributed by atoms with Crippen LogP contribution in [0.1, 0.15) is 19.8 Å². The van der Waals surface area contributed by atoms with E-state index in [0.717, 1.165) is 0 Å². The number of hydrogen-bond donors (Lipinski definition) is 3. The number of aliphatic hydroxyl groups is 1. The fourth-order valence-corrected chi connectivity index (χ4v) is 1.62. The maximum atomic E-state index is 10.7. The summed E-state index contributed by atoms with van der Waals surface area (Å²) in [6, 6.07) is 0. The van der Waals surface area contributed by atoms with Crippen LogP contribution in [0.4, 0.5) is 0 Å². The van der Waals surface area contributed by atoms with E-state index < -0.39 is 5.97 Å². The van der Waals surface area contributed by atoms with Gasteiger partial charge in [-0.2, -0.15) is 0 Å². The minimum atomic E-state index is -0.772. The zero-order chi connectivity index (χ0) is 11.3. The smallest absolute Gasteiger partial charge is 0.307 e. The van der Waals surface area contributed by atoms with Crippen LogP contribution >= 0.6 is 0 Å². The summed E-state index contributed by atoms with van der Waals surface area (Å²) in [7, 11) is 0. The Labute approximate surface area is 89.4 Å². The lowest BCUT2D eigenvalue weighted by Gasteiger charge is -2.27. The molecule has 3 N–H and O–H groups in total. The van der Waals surface area contributed by atoms with Crippen LogP contribution in [0.15, 0.2) is 0 Å². The van der Waals surface area contributed by atoms with Crippen LogP contribution in [0.2, 0.25) is 0 Å². The second-order valence-corrected chi connectivity index (χ2v) is 4.06. The van der Waals surface area contributed by atoms with Gasteiger partial charge in [-0.25, -0.2) is 0 Å². The predicted octanol–water partition coefficient (Wildman–Crippen LogP) is -0.163. The highest BCUT2D eigenvalue weighted by atomic mass is 16.5. The summed E-state index contributed by atoms with van der Waals surface area (Å²) < 4.78 is 5.49. The molecule has 0 spiro atoms. The van der Waals surface area contributed by atoms with Crippen molar-refractivity contribution in [2.75, 3.05) is 19.7 Å². The largest absolute Gasteiger partial charge is 0.481 e. The molecule has 0 aromatic carbocycles. The summed E-state index contributed by atoms with van der Waals surface area (Å²) in [5.41, 5.74) is 0. The maximum absolute atomic E-state index is 10.7. The van der Waals surface area contributed by atoms with Crippen molar-refractivity contribution in [2.24, 2.45) is 5.92 Å². The van der Waals surface area contributed by atoms with Crippen LogP contribution in [0, 0.1) is 5.92 Å². The van der Waals surface area contributed by atoms with E-state index in [1.54, 1.807) is 6.92 Å². The third-order valence-corrected chi connectivity index (χ3v) is 2.55. The Morgan fingerprint density at radius 3 is 2.93 bits per heavy atom. The number of rotatable bonds is 5. The van der Waals surface area contributed by atoms with Crippen LogP contribution < -0.4 is 5.32 Å². The zero-order valence-electron chi connectivity index (χ0n) is 8.98. The number of aliphatic hydroxyl groups excluding tert-OH is 1. The molecular weight excluding hydrogens is 198 g/mol. The second-order valence-electron chi connectivity index (χ2n) is 4.06. The third kappa shape index (κ3) is 4.59. The molecule has 0 saturated carbocycles. The zero-order valence-corrected chi connectivity index (χ0v) is 8.98. The molecule has 5 heteroatoms. The van der Waals surface area contributed by atoms with E-state index >= 15 is 0 Å². The average Bonchev–Trinajstić information content (AvgIpc) is 2.17. The highest BCUT2D eigenvalue weighted by Crippen LogP contribution is 2.14. The molecule has 1 aliphatic rings. The Kier molecular flexibility index (Phi) is 5.01. The van der Waals surface area contributed by atoms with E-state index in [1.165, 1.54) is 0 Å². The molecule has 3 atom stereocenters. The molecule has 3 unspecified atom stereocenters. The van der Waals surface area contributed by atoms with Gasteiger partial charge in [0.1, 0.15) is 0 Å². The Hall–Kier alpha value is -0.650. The van der Waals surface area contributed by atoms with Gasteiger partial charge in [0.15, 0.2) is 0 Å². The van der Waals surface area contributed by atoms with Crippen molar-refractivity contribution in [3.8, 4) is 0 Å². The number of carboxylic acids is 1. The SMILES string of the molecule is CC(O)CCOC1CNCC(C(=O)O)C1. The number of aliphatic carboxylic acids is 1. The van der Waals surface area contributed by atoms with Gasteiger partial charge in [0.05, 0.1) is 18.1 Å². The topological polar surface area (TPSA) is 78.8 Å². The number of carboxylic acid groups (broad SMARTS) is 1. The van der Waals surface area contributed by atoms with Crippen LogP contribution in [-0.2, 0) is 9.53 Å². The Morgan fingerprint density at radius 2 is 2.33 bits per heavy atom. The number of hydrogen-bond acceptors (Lipinski definition) is 4. The van der Waals surface area contributed by atoms with Crippen molar-refractivity contribution in [3.05, 3.63) is 0 Å². The molecule has 1 fully saturated rings. The van der Waals surface area contributed by atoms with Gasteiger partial charge in [0, 0.05) is 19.7 Å². The molecule has 0 aromatic heterocycles. The van der Waals surface area contributed by atoms with Gasteiger partial charge in [0.25, 0.3) is 0 Å². The summed E-state index contributed by atoms with van der Waals surface area (Å²) >= 11 is 0. The minimum absolute atomic E-state index is 0.0430. The lowest BCUT2D eigenvalue weighted by molar-refractivity contribution is -0.144. The van der Waals surface area contributed by atoms with E-state index in [-0.39, 0.29) is 18.1 Å². The standard InChI is InChI=1S/C10H19NO4/c1-7(12)2-3-15-9-4-8(10(13)14)5-11-6-9/h7-9,11-12H,2-6H2,1H3,(H,13,14). The summed E-state index contributed by atoms with van der Waals surface area (Å²) in [6.07, 6.45) is 0.742. The van der Waals surface area contributed by atoms with Gasteiger partial charge in [0.2, 0.25) is 0 Å². The lowest BCUT2D eigenvalue weighted by Crippen LogP contribution is -2.43. The van der Waals surface area contributed by atoms with Crippen molar-refractivity contribution >= 4 is 5.97 Å². The Balaban J connectivity index is 2.21. The van der Waals surface area contributed by atoms with E-state index in [0.29, 0.717) is 32.5 Å². The summed E-state index contributed by atoms with van der Waals surface area (Å²) in [6.45, 7) is 3.41.